The van der Waals surface area contributed by atoms with Crippen LogP contribution in [-0.4, -0.2) is 5.11 Å². The summed E-state index contributed by atoms with van der Waals surface area (Å²) >= 11 is 0. The summed E-state index contributed by atoms with van der Waals surface area (Å²) in [6, 6.07) is 10.2. The second-order valence-electron chi connectivity index (χ2n) is 4.25. The Labute approximate surface area is 106 Å². The van der Waals surface area contributed by atoms with Crippen LogP contribution >= 0.6 is 0 Å². The summed E-state index contributed by atoms with van der Waals surface area (Å²) in [6.45, 7) is 3.66. The van der Waals surface area contributed by atoms with Crippen LogP contribution in [0.15, 0.2) is 36.4 Å². The minimum Gasteiger partial charge on any atom is -0.454 e. The molecule has 2 nitrogen and oxygen atoms in total. The van der Waals surface area contributed by atoms with E-state index in [-0.39, 0.29) is 12.4 Å². The van der Waals surface area contributed by atoms with Crippen molar-refractivity contribution in [3.05, 3.63) is 58.9 Å². The number of aliphatic hydroxyl groups is 1. The first-order valence-corrected chi connectivity index (χ1v) is 5.75. The molecule has 0 radical (unpaired) electrons. The highest BCUT2D eigenvalue weighted by atomic mass is 19.1. The number of benzene rings is 2. The van der Waals surface area contributed by atoms with Crippen LogP contribution in [0.3, 0.4) is 0 Å². The Hall–Kier alpha value is -1.87. The van der Waals surface area contributed by atoms with Crippen molar-refractivity contribution >= 4 is 0 Å². The summed E-state index contributed by atoms with van der Waals surface area (Å²) in [7, 11) is 0. The van der Waals surface area contributed by atoms with Crippen molar-refractivity contribution < 1.29 is 14.2 Å². The van der Waals surface area contributed by atoms with Gasteiger partial charge in [-0.3, -0.25) is 0 Å². The molecule has 0 aliphatic carbocycles. The summed E-state index contributed by atoms with van der Waals surface area (Å²) in [4.78, 5) is 0. The molecule has 0 aliphatic rings. The van der Waals surface area contributed by atoms with Crippen molar-refractivity contribution in [3.8, 4) is 11.5 Å². The summed E-state index contributed by atoms with van der Waals surface area (Å²) in [5.74, 6) is 0.377. The minimum absolute atomic E-state index is 0.171. The van der Waals surface area contributed by atoms with Crippen molar-refractivity contribution in [1.29, 1.82) is 0 Å². The molecule has 0 unspecified atom stereocenters. The van der Waals surface area contributed by atoms with Crippen LogP contribution in [0, 0.1) is 19.7 Å². The molecule has 0 heterocycles. The van der Waals surface area contributed by atoms with Gasteiger partial charge in [0.1, 0.15) is 5.75 Å². The van der Waals surface area contributed by atoms with Crippen LogP contribution in [0.5, 0.6) is 11.5 Å². The fourth-order valence-corrected chi connectivity index (χ4v) is 1.80. The SMILES string of the molecule is Cc1cccc(C)c1Oc1ccc(CO)cc1F. The highest BCUT2D eigenvalue weighted by Crippen LogP contribution is 2.30. The highest BCUT2D eigenvalue weighted by Gasteiger charge is 2.09. The van der Waals surface area contributed by atoms with E-state index in [0.717, 1.165) is 11.1 Å². The second kappa shape index (κ2) is 5.19. The van der Waals surface area contributed by atoms with E-state index < -0.39 is 5.82 Å². The van der Waals surface area contributed by atoms with Crippen molar-refractivity contribution in [3.63, 3.8) is 0 Å². The monoisotopic (exact) mass is 246 g/mol. The van der Waals surface area contributed by atoms with E-state index in [0.29, 0.717) is 11.3 Å². The first-order valence-electron chi connectivity index (χ1n) is 5.75. The number of hydrogen-bond donors (Lipinski definition) is 1. The Balaban J connectivity index is 2.34. The third kappa shape index (κ3) is 2.51. The number of hydrogen-bond acceptors (Lipinski definition) is 2. The smallest absolute Gasteiger partial charge is 0.166 e. The molecule has 18 heavy (non-hydrogen) atoms. The maximum absolute atomic E-state index is 13.8. The maximum atomic E-state index is 13.8. The van der Waals surface area contributed by atoms with Crippen LogP contribution in [0.2, 0.25) is 0 Å². The molecular weight excluding hydrogens is 231 g/mol. The molecule has 0 saturated heterocycles. The Morgan fingerprint density at radius 2 is 1.78 bits per heavy atom. The van der Waals surface area contributed by atoms with Gasteiger partial charge in [-0.2, -0.15) is 0 Å². The number of aliphatic hydroxyl groups excluding tert-OH is 1. The van der Waals surface area contributed by atoms with E-state index in [9.17, 15) is 4.39 Å². The lowest BCUT2D eigenvalue weighted by molar-refractivity contribution is 0.281. The Morgan fingerprint density at radius 3 is 2.33 bits per heavy atom. The zero-order valence-corrected chi connectivity index (χ0v) is 10.4. The van der Waals surface area contributed by atoms with Gasteiger partial charge in [-0.15, -0.1) is 0 Å². The maximum Gasteiger partial charge on any atom is 0.166 e. The topological polar surface area (TPSA) is 29.5 Å². The van der Waals surface area contributed by atoms with E-state index in [1.807, 2.05) is 32.0 Å². The van der Waals surface area contributed by atoms with Crippen LogP contribution in [0.4, 0.5) is 4.39 Å². The van der Waals surface area contributed by atoms with Gasteiger partial charge in [0.15, 0.2) is 11.6 Å². The molecule has 0 amide bonds. The van der Waals surface area contributed by atoms with Gasteiger partial charge in [-0.25, -0.2) is 4.39 Å². The molecule has 2 rings (SSSR count). The molecule has 0 aliphatic heterocycles. The summed E-state index contributed by atoms with van der Waals surface area (Å²) in [6.07, 6.45) is 0. The molecule has 0 aromatic heterocycles. The zero-order chi connectivity index (χ0) is 13.1. The number of ether oxygens (including phenoxy) is 1. The molecular formula is C15H15FO2. The van der Waals surface area contributed by atoms with E-state index in [1.54, 1.807) is 6.07 Å². The summed E-state index contributed by atoms with van der Waals surface area (Å²) in [5.41, 5.74) is 2.45. The van der Waals surface area contributed by atoms with Gasteiger partial charge < -0.3 is 9.84 Å². The molecule has 0 fully saturated rings. The van der Waals surface area contributed by atoms with Crippen molar-refractivity contribution in [1.82, 2.24) is 0 Å². The van der Waals surface area contributed by atoms with Gasteiger partial charge in [0.25, 0.3) is 0 Å². The van der Waals surface area contributed by atoms with E-state index in [1.165, 1.54) is 12.1 Å². The van der Waals surface area contributed by atoms with E-state index in [2.05, 4.69) is 0 Å². The molecule has 94 valence electrons. The lowest BCUT2D eigenvalue weighted by Gasteiger charge is -2.12. The predicted molar refractivity (Wildman–Crippen MR) is 68.3 cm³/mol. The number of para-hydroxylation sites is 1. The fraction of sp³-hybridized carbons (Fsp3) is 0.200. The quantitative estimate of drug-likeness (QED) is 0.894. The Bertz CT molecular complexity index is 544. The number of aryl methyl sites for hydroxylation is 2. The largest absolute Gasteiger partial charge is 0.454 e. The van der Waals surface area contributed by atoms with Crippen LogP contribution in [0.1, 0.15) is 16.7 Å². The highest BCUT2D eigenvalue weighted by molar-refractivity contribution is 5.43. The van der Waals surface area contributed by atoms with Gasteiger partial charge in [-0.1, -0.05) is 24.3 Å². The molecule has 0 bridgehead atoms. The van der Waals surface area contributed by atoms with Gasteiger partial charge >= 0.3 is 0 Å². The predicted octanol–water partition coefficient (Wildman–Crippen LogP) is 3.73. The molecule has 0 saturated carbocycles. The lowest BCUT2D eigenvalue weighted by atomic mass is 10.1. The first kappa shape index (κ1) is 12.6. The third-order valence-electron chi connectivity index (χ3n) is 2.80. The Kier molecular flexibility index (Phi) is 3.63. The van der Waals surface area contributed by atoms with Crippen LogP contribution in [-0.2, 0) is 6.61 Å². The molecule has 1 N–H and O–H groups in total. The number of halogens is 1. The summed E-state index contributed by atoms with van der Waals surface area (Å²) < 4.78 is 19.4. The van der Waals surface area contributed by atoms with Crippen molar-refractivity contribution in [2.75, 3.05) is 0 Å². The van der Waals surface area contributed by atoms with Crippen LogP contribution < -0.4 is 4.74 Å². The third-order valence-corrected chi connectivity index (χ3v) is 2.80. The zero-order valence-electron chi connectivity index (χ0n) is 10.4. The van der Waals surface area contributed by atoms with Crippen molar-refractivity contribution in [2.24, 2.45) is 0 Å². The standard InChI is InChI=1S/C15H15FO2/c1-10-4-3-5-11(2)15(10)18-14-7-6-12(9-17)8-13(14)16/h3-8,17H,9H2,1-2H3. The van der Waals surface area contributed by atoms with Crippen molar-refractivity contribution in [2.45, 2.75) is 20.5 Å². The Morgan fingerprint density at radius 1 is 1.11 bits per heavy atom. The molecule has 2 aromatic rings. The fourth-order valence-electron chi connectivity index (χ4n) is 1.80. The lowest BCUT2D eigenvalue weighted by Crippen LogP contribution is -1.94. The molecule has 2 aromatic carbocycles. The minimum atomic E-state index is -0.468. The summed E-state index contributed by atoms with van der Waals surface area (Å²) in [5, 5.41) is 8.92. The average Bonchev–Trinajstić information content (AvgIpc) is 2.35. The first-order chi connectivity index (χ1) is 8.61. The normalized spacial score (nSPS) is 10.4. The second-order valence-corrected chi connectivity index (χ2v) is 4.25. The van der Waals surface area contributed by atoms with Gasteiger partial charge in [0.05, 0.1) is 6.61 Å². The molecule has 3 heteroatoms. The van der Waals surface area contributed by atoms with Gasteiger partial charge in [0, 0.05) is 0 Å². The molecule has 0 atom stereocenters. The van der Waals surface area contributed by atoms with Crippen LogP contribution in [0.25, 0.3) is 0 Å². The van der Waals surface area contributed by atoms with E-state index in [4.69, 9.17) is 9.84 Å². The van der Waals surface area contributed by atoms with Gasteiger partial charge in [-0.05, 0) is 42.7 Å². The molecule has 0 spiro atoms. The number of rotatable bonds is 3. The van der Waals surface area contributed by atoms with Gasteiger partial charge in [0.2, 0.25) is 0 Å². The van der Waals surface area contributed by atoms with E-state index >= 15 is 0 Å². The average molecular weight is 246 g/mol.